The van der Waals surface area contributed by atoms with Gasteiger partial charge in [-0.3, -0.25) is 4.79 Å². The van der Waals surface area contributed by atoms with Gasteiger partial charge in [0.2, 0.25) is 5.56 Å². The van der Waals surface area contributed by atoms with Crippen LogP contribution in [0.25, 0.3) is 0 Å². The molecule has 0 fully saturated rings. The number of carbonyl (C=O) groups excluding carboxylic acids is 1. The van der Waals surface area contributed by atoms with Crippen LogP contribution < -0.4 is 0 Å². The van der Waals surface area contributed by atoms with Gasteiger partial charge in [0.05, 0.1) is 0 Å². The number of benzene rings is 1. The lowest BCUT2D eigenvalue weighted by atomic mass is 10.2. The van der Waals surface area contributed by atoms with Crippen LogP contribution in [0.15, 0.2) is 30.3 Å². The van der Waals surface area contributed by atoms with E-state index in [4.69, 9.17) is 11.6 Å². The average Bonchev–Trinajstić information content (AvgIpc) is 2.07. The van der Waals surface area contributed by atoms with Gasteiger partial charge in [0.25, 0.3) is 6.47 Å². The number of ether oxygens (including phenoxy) is 1. The van der Waals surface area contributed by atoms with Crippen molar-refractivity contribution in [3.05, 3.63) is 35.9 Å². The van der Waals surface area contributed by atoms with Gasteiger partial charge in [-0.25, -0.2) is 0 Å². The largest absolute Gasteiger partial charge is 0.444 e. The summed E-state index contributed by atoms with van der Waals surface area (Å²) in [6, 6.07) is 9.12. The second-order valence-electron chi connectivity index (χ2n) is 1.96. The van der Waals surface area contributed by atoms with E-state index < -0.39 is 5.56 Å². The third kappa shape index (κ3) is 2.24. The van der Waals surface area contributed by atoms with E-state index >= 15 is 0 Å². The van der Waals surface area contributed by atoms with Crippen molar-refractivity contribution >= 4 is 18.1 Å². The predicted molar refractivity (Wildman–Crippen MR) is 42.2 cm³/mol. The summed E-state index contributed by atoms with van der Waals surface area (Å²) in [7, 11) is 0. The normalized spacial score (nSPS) is 12.1. The zero-order valence-corrected chi connectivity index (χ0v) is 6.49. The zero-order chi connectivity index (χ0) is 8.10. The van der Waals surface area contributed by atoms with E-state index in [1.807, 2.05) is 18.2 Å². The van der Waals surface area contributed by atoms with E-state index in [2.05, 4.69) is 4.74 Å². The number of halogens is 1. The SMILES string of the molecule is O=CO[C@H](Cl)c1ccccc1. The number of rotatable bonds is 3. The summed E-state index contributed by atoms with van der Waals surface area (Å²) in [5.74, 6) is 0. The van der Waals surface area contributed by atoms with E-state index in [1.165, 1.54) is 0 Å². The molecule has 1 aromatic rings. The van der Waals surface area contributed by atoms with Crippen molar-refractivity contribution in [3.8, 4) is 0 Å². The first-order valence-electron chi connectivity index (χ1n) is 3.12. The molecule has 0 aliphatic heterocycles. The van der Waals surface area contributed by atoms with Gasteiger partial charge in [0, 0.05) is 5.56 Å². The molecule has 0 amide bonds. The lowest BCUT2D eigenvalue weighted by molar-refractivity contribution is -0.130. The van der Waals surface area contributed by atoms with Gasteiger partial charge in [-0.1, -0.05) is 41.9 Å². The Balaban J connectivity index is 2.68. The highest BCUT2D eigenvalue weighted by molar-refractivity contribution is 6.20. The Morgan fingerprint density at radius 3 is 2.55 bits per heavy atom. The molecule has 11 heavy (non-hydrogen) atoms. The maximum Gasteiger partial charge on any atom is 0.294 e. The highest BCUT2D eigenvalue weighted by Crippen LogP contribution is 2.19. The Morgan fingerprint density at radius 2 is 2.00 bits per heavy atom. The highest BCUT2D eigenvalue weighted by atomic mass is 35.5. The lowest BCUT2D eigenvalue weighted by Crippen LogP contribution is -1.93. The van der Waals surface area contributed by atoms with Gasteiger partial charge >= 0.3 is 0 Å². The smallest absolute Gasteiger partial charge is 0.294 e. The van der Waals surface area contributed by atoms with Gasteiger partial charge in [0.15, 0.2) is 0 Å². The van der Waals surface area contributed by atoms with Crippen molar-refractivity contribution in [1.29, 1.82) is 0 Å². The molecule has 0 saturated heterocycles. The molecule has 3 heteroatoms. The maximum absolute atomic E-state index is 9.88. The molecule has 0 heterocycles. The summed E-state index contributed by atoms with van der Waals surface area (Å²) in [6.45, 7) is 0.338. The maximum atomic E-state index is 9.88. The number of hydrogen-bond donors (Lipinski definition) is 0. The molecular weight excluding hydrogens is 164 g/mol. The second-order valence-corrected chi connectivity index (χ2v) is 2.36. The molecular formula is C8H7ClO2. The van der Waals surface area contributed by atoms with Crippen LogP contribution in [0.1, 0.15) is 11.1 Å². The molecule has 0 bridgehead atoms. The molecule has 0 N–H and O–H groups in total. The van der Waals surface area contributed by atoms with Crippen molar-refractivity contribution in [2.45, 2.75) is 5.56 Å². The minimum absolute atomic E-state index is 0.338. The molecule has 0 aromatic heterocycles. The van der Waals surface area contributed by atoms with E-state index in [-0.39, 0.29) is 0 Å². The molecule has 0 spiro atoms. The molecule has 0 aliphatic carbocycles. The lowest BCUT2D eigenvalue weighted by Gasteiger charge is -2.05. The first-order chi connectivity index (χ1) is 5.34. The van der Waals surface area contributed by atoms with Crippen LogP contribution in [0.3, 0.4) is 0 Å². The Morgan fingerprint density at radius 1 is 1.36 bits per heavy atom. The molecule has 0 unspecified atom stereocenters. The fourth-order valence-electron chi connectivity index (χ4n) is 0.732. The molecule has 0 aliphatic rings. The molecule has 1 atom stereocenters. The summed E-state index contributed by atoms with van der Waals surface area (Å²) < 4.78 is 4.51. The minimum Gasteiger partial charge on any atom is -0.444 e. The summed E-state index contributed by atoms with van der Waals surface area (Å²) in [5.41, 5.74) is 0.106. The minimum atomic E-state index is -0.673. The summed E-state index contributed by atoms with van der Waals surface area (Å²) in [4.78, 5) is 9.88. The van der Waals surface area contributed by atoms with Crippen LogP contribution in [0, 0.1) is 0 Å². The van der Waals surface area contributed by atoms with E-state index in [1.54, 1.807) is 12.1 Å². The van der Waals surface area contributed by atoms with Gasteiger partial charge in [-0.2, -0.15) is 0 Å². The van der Waals surface area contributed by atoms with Crippen LogP contribution in [-0.4, -0.2) is 6.47 Å². The van der Waals surface area contributed by atoms with Crippen LogP contribution in [0.2, 0.25) is 0 Å². The first-order valence-corrected chi connectivity index (χ1v) is 3.56. The molecule has 1 rings (SSSR count). The van der Waals surface area contributed by atoms with Crippen LogP contribution in [0.4, 0.5) is 0 Å². The van der Waals surface area contributed by atoms with E-state index in [0.717, 1.165) is 5.56 Å². The zero-order valence-electron chi connectivity index (χ0n) is 5.74. The van der Waals surface area contributed by atoms with Crippen molar-refractivity contribution in [3.63, 3.8) is 0 Å². The summed E-state index contributed by atoms with van der Waals surface area (Å²) in [5, 5.41) is 0. The van der Waals surface area contributed by atoms with Crippen molar-refractivity contribution in [2.24, 2.45) is 0 Å². The Hall–Kier alpha value is -1.02. The van der Waals surface area contributed by atoms with Crippen LogP contribution in [0.5, 0.6) is 0 Å². The van der Waals surface area contributed by atoms with Gasteiger partial charge < -0.3 is 4.74 Å². The van der Waals surface area contributed by atoms with Crippen LogP contribution in [-0.2, 0) is 9.53 Å². The average molecular weight is 171 g/mol. The van der Waals surface area contributed by atoms with Crippen LogP contribution >= 0.6 is 11.6 Å². The van der Waals surface area contributed by atoms with Gasteiger partial charge in [-0.05, 0) is 0 Å². The van der Waals surface area contributed by atoms with Crippen molar-refractivity contribution in [1.82, 2.24) is 0 Å². The Kier molecular flexibility index (Phi) is 2.93. The predicted octanol–water partition coefficient (Wildman–Crippen LogP) is 2.10. The number of hydrogen-bond acceptors (Lipinski definition) is 2. The van der Waals surface area contributed by atoms with E-state index in [9.17, 15) is 4.79 Å². The second kappa shape index (κ2) is 3.98. The van der Waals surface area contributed by atoms with Gasteiger partial charge in [0.1, 0.15) is 0 Å². The summed E-state index contributed by atoms with van der Waals surface area (Å²) >= 11 is 5.65. The highest BCUT2D eigenvalue weighted by Gasteiger charge is 2.05. The van der Waals surface area contributed by atoms with Crippen molar-refractivity contribution < 1.29 is 9.53 Å². The molecule has 0 radical (unpaired) electrons. The third-order valence-electron chi connectivity index (χ3n) is 1.24. The standard InChI is InChI=1S/C8H7ClO2/c9-8(11-6-10)7-4-2-1-3-5-7/h1-6,8H/t8-/m0/s1. The van der Waals surface area contributed by atoms with Gasteiger partial charge in [-0.15, -0.1) is 0 Å². The third-order valence-corrected chi connectivity index (χ3v) is 1.59. The first kappa shape index (κ1) is 8.08. The Bertz CT molecular complexity index is 223. The topological polar surface area (TPSA) is 26.3 Å². The number of carbonyl (C=O) groups is 1. The van der Waals surface area contributed by atoms with Crippen molar-refractivity contribution in [2.75, 3.05) is 0 Å². The number of alkyl halides is 1. The Labute approximate surface area is 69.7 Å². The molecule has 2 nitrogen and oxygen atoms in total. The van der Waals surface area contributed by atoms with E-state index in [0.29, 0.717) is 6.47 Å². The fraction of sp³-hybridized carbons (Fsp3) is 0.125. The molecule has 0 saturated carbocycles. The quantitative estimate of drug-likeness (QED) is 0.513. The fourth-order valence-corrected chi connectivity index (χ4v) is 0.919. The molecule has 1 aromatic carbocycles. The molecule has 58 valence electrons. The monoisotopic (exact) mass is 170 g/mol. The summed E-state index contributed by atoms with van der Waals surface area (Å²) in [6.07, 6.45) is 0.